The van der Waals surface area contributed by atoms with Gasteiger partial charge in [-0.3, -0.25) is 4.79 Å². The molecule has 0 radical (unpaired) electrons. The monoisotopic (exact) mass is 432 g/mol. The van der Waals surface area contributed by atoms with E-state index in [1.54, 1.807) is 31.3 Å². The molecule has 7 heteroatoms. The average Bonchev–Trinajstić information content (AvgIpc) is 2.74. The summed E-state index contributed by atoms with van der Waals surface area (Å²) in [5, 5.41) is 3.10. The number of rotatable bonds is 8. The van der Waals surface area contributed by atoms with Crippen molar-refractivity contribution in [3.8, 4) is 0 Å². The van der Waals surface area contributed by atoms with Gasteiger partial charge in [-0.25, -0.2) is 8.42 Å². The first-order chi connectivity index (χ1) is 13.9. The number of hydrogen-bond donors (Lipinski definition) is 1. The number of nitrogens with one attached hydrogen (secondary N) is 1. The lowest BCUT2D eigenvalue weighted by molar-refractivity contribution is -0.119. The van der Waals surface area contributed by atoms with Crippen LogP contribution in [0.2, 0.25) is 0 Å². The van der Waals surface area contributed by atoms with E-state index in [0.29, 0.717) is 18.3 Å². The Morgan fingerprint density at radius 1 is 1.03 bits per heavy atom. The van der Waals surface area contributed by atoms with Crippen LogP contribution in [-0.4, -0.2) is 37.5 Å². The third-order valence-corrected chi connectivity index (χ3v) is 7.95. The minimum absolute atomic E-state index is 0.0428. The minimum atomic E-state index is -3.56. The normalized spacial score (nSPS) is 15.4. The number of hydrogen-bond acceptors (Lipinski definition) is 4. The van der Waals surface area contributed by atoms with E-state index in [1.807, 2.05) is 30.3 Å². The zero-order chi connectivity index (χ0) is 20.7. The molecule has 1 N–H and O–H groups in total. The Bertz CT molecular complexity index is 893. The van der Waals surface area contributed by atoms with Gasteiger partial charge in [0.15, 0.2) is 0 Å². The Morgan fingerprint density at radius 3 is 2.34 bits per heavy atom. The number of carbonyl (C=O) groups excluding carboxylic acids is 1. The van der Waals surface area contributed by atoms with Gasteiger partial charge in [-0.15, -0.1) is 11.8 Å². The van der Waals surface area contributed by atoms with Crippen molar-refractivity contribution in [2.75, 3.05) is 12.8 Å². The molecule has 0 aliphatic heterocycles. The Morgan fingerprint density at radius 2 is 1.69 bits per heavy atom. The van der Waals surface area contributed by atoms with Crippen LogP contribution < -0.4 is 5.32 Å². The predicted molar refractivity (Wildman–Crippen MR) is 117 cm³/mol. The maximum absolute atomic E-state index is 12.8. The van der Waals surface area contributed by atoms with Gasteiger partial charge < -0.3 is 5.32 Å². The zero-order valence-electron chi connectivity index (χ0n) is 16.7. The molecule has 2 aromatic rings. The summed E-state index contributed by atoms with van der Waals surface area (Å²) in [6, 6.07) is 16.6. The van der Waals surface area contributed by atoms with Gasteiger partial charge in [-0.1, -0.05) is 49.6 Å². The van der Waals surface area contributed by atoms with E-state index in [0.717, 1.165) is 23.3 Å². The fraction of sp³-hybridized carbons (Fsp3) is 0.409. The van der Waals surface area contributed by atoms with E-state index in [9.17, 15) is 13.2 Å². The molecule has 0 bridgehead atoms. The van der Waals surface area contributed by atoms with Crippen molar-refractivity contribution in [3.05, 3.63) is 60.2 Å². The van der Waals surface area contributed by atoms with Crippen LogP contribution in [0.3, 0.4) is 0 Å². The standard InChI is InChI=1S/C22H28N2O3S2/c1-24(16-18-8-4-2-5-9-18)29(26,27)21-14-12-20(13-15-21)28-17-22(25)23-19-10-6-3-7-11-19/h2,4-5,8-9,12-15,19H,3,6-7,10-11,16-17H2,1H3,(H,23,25). The number of nitrogens with zero attached hydrogens (tertiary/aromatic N) is 1. The van der Waals surface area contributed by atoms with Crippen LogP contribution in [0.15, 0.2) is 64.4 Å². The molecule has 0 saturated heterocycles. The second-order valence-electron chi connectivity index (χ2n) is 7.41. The van der Waals surface area contributed by atoms with Crippen molar-refractivity contribution >= 4 is 27.7 Å². The lowest BCUT2D eigenvalue weighted by Gasteiger charge is -2.22. The molecule has 5 nitrogen and oxygen atoms in total. The van der Waals surface area contributed by atoms with Crippen LogP contribution >= 0.6 is 11.8 Å². The van der Waals surface area contributed by atoms with E-state index in [-0.39, 0.29) is 10.8 Å². The van der Waals surface area contributed by atoms with Crippen LogP contribution in [0.5, 0.6) is 0 Å². The molecule has 2 aromatic carbocycles. The Kier molecular flexibility index (Phi) is 7.75. The van der Waals surface area contributed by atoms with E-state index in [4.69, 9.17) is 0 Å². The Balaban J connectivity index is 1.53. The van der Waals surface area contributed by atoms with Gasteiger partial charge in [0.05, 0.1) is 10.6 Å². The summed E-state index contributed by atoms with van der Waals surface area (Å²) in [4.78, 5) is 13.3. The Labute approximate surface area is 177 Å². The molecule has 1 amide bonds. The average molecular weight is 433 g/mol. The molecule has 0 atom stereocenters. The molecule has 156 valence electrons. The highest BCUT2D eigenvalue weighted by atomic mass is 32.2. The second kappa shape index (κ2) is 10.3. The third kappa shape index (κ3) is 6.32. The summed E-state index contributed by atoms with van der Waals surface area (Å²) in [5.41, 5.74) is 0.940. The summed E-state index contributed by atoms with van der Waals surface area (Å²) in [5.74, 6) is 0.387. The van der Waals surface area contributed by atoms with Crippen molar-refractivity contribution in [1.82, 2.24) is 9.62 Å². The van der Waals surface area contributed by atoms with E-state index < -0.39 is 10.0 Å². The first-order valence-corrected chi connectivity index (χ1v) is 12.4. The van der Waals surface area contributed by atoms with E-state index >= 15 is 0 Å². The van der Waals surface area contributed by atoms with Crippen LogP contribution in [0.25, 0.3) is 0 Å². The predicted octanol–water partition coefficient (Wildman–Crippen LogP) is 4.05. The second-order valence-corrected chi connectivity index (χ2v) is 10.5. The molecule has 1 saturated carbocycles. The van der Waals surface area contributed by atoms with Gasteiger partial charge in [-0.05, 0) is 42.7 Å². The molecular formula is C22H28N2O3S2. The summed E-state index contributed by atoms with van der Waals surface area (Å²) in [6.07, 6.45) is 5.77. The molecule has 3 rings (SSSR count). The molecular weight excluding hydrogens is 404 g/mol. The van der Waals surface area contributed by atoms with Crippen molar-refractivity contribution in [2.24, 2.45) is 0 Å². The number of thioether (sulfide) groups is 1. The summed E-state index contributed by atoms with van der Waals surface area (Å²) in [7, 11) is -1.98. The van der Waals surface area contributed by atoms with Crippen molar-refractivity contribution in [2.45, 2.75) is 54.5 Å². The fourth-order valence-electron chi connectivity index (χ4n) is 3.48. The highest BCUT2D eigenvalue weighted by molar-refractivity contribution is 8.00. The first-order valence-electron chi connectivity index (χ1n) is 9.97. The van der Waals surface area contributed by atoms with Crippen LogP contribution in [0.4, 0.5) is 0 Å². The number of sulfonamides is 1. The van der Waals surface area contributed by atoms with Crippen molar-refractivity contribution in [1.29, 1.82) is 0 Å². The van der Waals surface area contributed by atoms with Gasteiger partial charge in [0.1, 0.15) is 0 Å². The van der Waals surface area contributed by atoms with E-state index in [2.05, 4.69) is 5.32 Å². The third-order valence-electron chi connectivity index (χ3n) is 5.12. The van der Waals surface area contributed by atoms with Crippen LogP contribution in [0.1, 0.15) is 37.7 Å². The molecule has 1 aliphatic carbocycles. The molecule has 1 aliphatic rings. The van der Waals surface area contributed by atoms with Crippen molar-refractivity contribution in [3.63, 3.8) is 0 Å². The maximum Gasteiger partial charge on any atom is 0.243 e. The van der Waals surface area contributed by atoms with Crippen LogP contribution in [-0.2, 0) is 21.4 Å². The quantitative estimate of drug-likeness (QED) is 0.639. The van der Waals surface area contributed by atoms with Crippen molar-refractivity contribution < 1.29 is 13.2 Å². The van der Waals surface area contributed by atoms with Crippen LogP contribution in [0, 0.1) is 0 Å². The highest BCUT2D eigenvalue weighted by Gasteiger charge is 2.21. The molecule has 0 aromatic heterocycles. The first kappa shape index (κ1) is 21.9. The SMILES string of the molecule is CN(Cc1ccccc1)S(=O)(=O)c1ccc(SCC(=O)NC2CCCCC2)cc1. The summed E-state index contributed by atoms with van der Waals surface area (Å²) < 4.78 is 26.9. The van der Waals surface area contributed by atoms with Gasteiger partial charge in [0.2, 0.25) is 15.9 Å². The number of carbonyl (C=O) groups is 1. The lowest BCUT2D eigenvalue weighted by atomic mass is 9.95. The van der Waals surface area contributed by atoms with Gasteiger partial charge in [0, 0.05) is 24.5 Å². The topological polar surface area (TPSA) is 66.5 Å². The molecule has 1 fully saturated rings. The molecule has 0 unspecified atom stereocenters. The minimum Gasteiger partial charge on any atom is -0.353 e. The molecule has 0 heterocycles. The van der Waals surface area contributed by atoms with Gasteiger partial charge in [0.25, 0.3) is 0 Å². The highest BCUT2D eigenvalue weighted by Crippen LogP contribution is 2.23. The summed E-state index contributed by atoms with van der Waals surface area (Å²) >= 11 is 1.43. The van der Waals surface area contributed by atoms with E-state index in [1.165, 1.54) is 35.3 Å². The maximum atomic E-state index is 12.8. The lowest BCUT2D eigenvalue weighted by Crippen LogP contribution is -2.37. The van der Waals surface area contributed by atoms with Gasteiger partial charge in [-0.2, -0.15) is 4.31 Å². The zero-order valence-corrected chi connectivity index (χ0v) is 18.3. The number of amides is 1. The largest absolute Gasteiger partial charge is 0.353 e. The fourth-order valence-corrected chi connectivity index (χ4v) is 5.35. The molecule has 0 spiro atoms. The summed E-state index contributed by atoms with van der Waals surface area (Å²) in [6.45, 7) is 0.320. The Hall–Kier alpha value is -1.83. The number of benzene rings is 2. The smallest absolute Gasteiger partial charge is 0.243 e. The molecule has 29 heavy (non-hydrogen) atoms. The van der Waals surface area contributed by atoms with Gasteiger partial charge >= 0.3 is 0 Å².